The molecule has 0 unspecified atom stereocenters. The van der Waals surface area contributed by atoms with Crippen LogP contribution >= 0.6 is 11.6 Å². The number of fused-ring (bicyclic) bond motifs is 2. The molecule has 0 radical (unpaired) electrons. The monoisotopic (exact) mass is 544 g/mol. The van der Waals surface area contributed by atoms with Crippen molar-refractivity contribution >= 4 is 40.1 Å². The second kappa shape index (κ2) is 10.3. The highest BCUT2D eigenvalue weighted by molar-refractivity contribution is 6.31. The lowest BCUT2D eigenvalue weighted by molar-refractivity contribution is 0.0640. The molecule has 2 aromatic heterocycles. The van der Waals surface area contributed by atoms with E-state index < -0.39 is 0 Å². The van der Waals surface area contributed by atoms with Gasteiger partial charge < -0.3 is 20.2 Å². The Morgan fingerprint density at radius 3 is 2.54 bits per heavy atom. The topological polar surface area (TPSA) is 114 Å². The highest BCUT2D eigenvalue weighted by Crippen LogP contribution is 2.30. The molecule has 2 amide bonds. The lowest BCUT2D eigenvalue weighted by atomic mass is 10.1. The summed E-state index contributed by atoms with van der Waals surface area (Å²) < 4.78 is 0. The van der Waals surface area contributed by atoms with Gasteiger partial charge >= 0.3 is 0 Å². The third kappa shape index (κ3) is 4.84. The average Bonchev–Trinajstić information content (AvgIpc) is 3.63. The van der Waals surface area contributed by atoms with Crippen LogP contribution in [-0.2, 0) is 6.42 Å². The molecule has 6 rings (SSSR count). The highest BCUT2D eigenvalue weighted by Gasteiger charge is 2.36. The number of halogens is 1. The number of imide groups is 1. The quantitative estimate of drug-likeness (QED) is 0.285. The van der Waals surface area contributed by atoms with Gasteiger partial charge in [0.15, 0.2) is 0 Å². The van der Waals surface area contributed by atoms with Crippen molar-refractivity contribution in [2.24, 2.45) is 0 Å². The molecule has 0 bridgehead atoms. The van der Waals surface area contributed by atoms with Crippen molar-refractivity contribution in [1.82, 2.24) is 24.8 Å². The van der Waals surface area contributed by atoms with Gasteiger partial charge in [-0.05, 0) is 69.1 Å². The number of benzene rings is 2. The molecule has 9 nitrogen and oxygen atoms in total. The number of anilines is 1. The van der Waals surface area contributed by atoms with E-state index in [9.17, 15) is 14.4 Å². The number of aromatic amines is 2. The fraction of sp³-hybridized carbons (Fsp3) is 0.310. The first kappa shape index (κ1) is 25.3. The van der Waals surface area contributed by atoms with Crippen molar-refractivity contribution in [3.05, 3.63) is 80.7 Å². The van der Waals surface area contributed by atoms with Gasteiger partial charge in [-0.3, -0.25) is 19.3 Å². The number of likely N-dealkylation sites (tertiary alicyclic amines) is 1. The van der Waals surface area contributed by atoms with Crippen molar-refractivity contribution in [2.45, 2.75) is 32.2 Å². The second-order valence-electron chi connectivity index (χ2n) is 10.2. The zero-order valence-corrected chi connectivity index (χ0v) is 22.3. The minimum atomic E-state index is -0.309. The van der Waals surface area contributed by atoms with Crippen LogP contribution in [0.2, 0.25) is 5.02 Å². The fourth-order valence-electron chi connectivity index (χ4n) is 5.51. The molecule has 2 aliphatic rings. The summed E-state index contributed by atoms with van der Waals surface area (Å²) in [6, 6.07) is 12.7. The number of nitrogens with one attached hydrogen (secondary N) is 3. The van der Waals surface area contributed by atoms with Crippen LogP contribution < -0.4 is 10.9 Å². The molecular weight excluding hydrogens is 516 g/mol. The molecule has 0 saturated carbocycles. The third-order valence-electron chi connectivity index (χ3n) is 7.49. The Bertz CT molecular complexity index is 1580. The third-order valence-corrected chi connectivity index (χ3v) is 7.86. The Kier molecular flexibility index (Phi) is 6.70. The van der Waals surface area contributed by atoms with Crippen molar-refractivity contribution in [3.63, 3.8) is 0 Å². The number of rotatable bonds is 8. The minimum absolute atomic E-state index is 0.0274. The molecule has 1 atom stereocenters. The number of nitrogens with zero attached hydrogens (tertiary/aromatic N) is 3. The van der Waals surface area contributed by atoms with Crippen LogP contribution in [0, 0.1) is 0 Å². The van der Waals surface area contributed by atoms with Crippen molar-refractivity contribution < 1.29 is 9.59 Å². The summed E-state index contributed by atoms with van der Waals surface area (Å²) in [5.74, 6) is -0.233. The van der Waals surface area contributed by atoms with Crippen LogP contribution in [0.5, 0.6) is 0 Å². The molecule has 39 heavy (non-hydrogen) atoms. The van der Waals surface area contributed by atoms with Gasteiger partial charge in [-0.15, -0.1) is 0 Å². The van der Waals surface area contributed by atoms with Crippen LogP contribution in [0.3, 0.4) is 0 Å². The molecule has 1 saturated heterocycles. The molecule has 0 spiro atoms. The van der Waals surface area contributed by atoms with Crippen LogP contribution in [-0.4, -0.2) is 68.8 Å². The number of H-pyrrole nitrogens is 2. The summed E-state index contributed by atoms with van der Waals surface area (Å²) in [6.07, 6.45) is 4.56. The Morgan fingerprint density at radius 1 is 1.03 bits per heavy atom. The Hall–Kier alpha value is -3.95. The first-order valence-corrected chi connectivity index (χ1v) is 13.6. The van der Waals surface area contributed by atoms with Crippen LogP contribution in [0.25, 0.3) is 22.4 Å². The Labute approximate surface area is 230 Å². The second-order valence-corrected chi connectivity index (χ2v) is 10.7. The smallest absolute Gasteiger partial charge is 0.261 e. The van der Waals surface area contributed by atoms with Crippen LogP contribution in [0.1, 0.15) is 46.0 Å². The molecule has 4 aromatic rings. The van der Waals surface area contributed by atoms with E-state index in [4.69, 9.17) is 11.6 Å². The number of hydrogen-bond donors (Lipinski definition) is 3. The van der Waals surface area contributed by atoms with Crippen molar-refractivity contribution in [2.75, 3.05) is 31.5 Å². The predicted molar refractivity (Wildman–Crippen MR) is 151 cm³/mol. The van der Waals surface area contributed by atoms with Gasteiger partial charge in [0, 0.05) is 30.4 Å². The summed E-state index contributed by atoms with van der Waals surface area (Å²) >= 11 is 6.34. The SMILES string of the molecule is C[C@@H](Cc1ccccc1Cl)Nc1cc[nH]c(=O)c1-c1nc2cc3c(cc2[nH]1)C(=O)N(CCN1CCCC1)C3=O. The van der Waals surface area contributed by atoms with E-state index in [0.717, 1.165) is 31.5 Å². The lowest BCUT2D eigenvalue weighted by Gasteiger charge is -2.19. The van der Waals surface area contributed by atoms with E-state index in [1.165, 1.54) is 4.90 Å². The summed E-state index contributed by atoms with van der Waals surface area (Å²) in [5.41, 5.74) is 3.48. The average molecular weight is 545 g/mol. The van der Waals surface area contributed by atoms with E-state index in [2.05, 4.69) is 25.2 Å². The fourth-order valence-corrected chi connectivity index (χ4v) is 5.72. The maximum Gasteiger partial charge on any atom is 0.261 e. The highest BCUT2D eigenvalue weighted by atomic mass is 35.5. The van der Waals surface area contributed by atoms with Gasteiger partial charge in [0.1, 0.15) is 11.4 Å². The normalized spacial score (nSPS) is 16.3. The maximum absolute atomic E-state index is 13.1. The van der Waals surface area contributed by atoms with Gasteiger partial charge in [-0.1, -0.05) is 29.8 Å². The summed E-state index contributed by atoms with van der Waals surface area (Å²) in [7, 11) is 0. The van der Waals surface area contributed by atoms with Crippen LogP contribution in [0.15, 0.2) is 53.5 Å². The van der Waals surface area contributed by atoms with E-state index in [-0.39, 0.29) is 23.4 Å². The maximum atomic E-state index is 13.1. The number of carbonyl (C=O) groups excluding carboxylic acids is 2. The van der Waals surface area contributed by atoms with Gasteiger partial charge in [-0.25, -0.2) is 4.98 Å². The van der Waals surface area contributed by atoms with Gasteiger partial charge in [0.2, 0.25) is 0 Å². The lowest BCUT2D eigenvalue weighted by Crippen LogP contribution is -2.37. The van der Waals surface area contributed by atoms with Gasteiger partial charge in [0.05, 0.1) is 27.8 Å². The number of amides is 2. The molecule has 3 N–H and O–H groups in total. The summed E-state index contributed by atoms with van der Waals surface area (Å²) in [5, 5.41) is 4.11. The Morgan fingerprint density at radius 2 is 1.77 bits per heavy atom. The number of imidazole rings is 1. The summed E-state index contributed by atoms with van der Waals surface area (Å²) in [4.78, 5) is 53.3. The van der Waals surface area contributed by atoms with Crippen LogP contribution in [0.4, 0.5) is 5.69 Å². The first-order chi connectivity index (χ1) is 18.9. The molecule has 200 valence electrons. The largest absolute Gasteiger partial charge is 0.381 e. The van der Waals surface area contributed by atoms with Gasteiger partial charge in [0.25, 0.3) is 17.4 Å². The molecule has 1 fully saturated rings. The number of pyridine rings is 1. The molecular formula is C29H29ClN6O3. The van der Waals surface area contributed by atoms with E-state index >= 15 is 0 Å². The zero-order chi connectivity index (χ0) is 27.1. The number of carbonyl (C=O) groups is 2. The predicted octanol–water partition coefficient (Wildman–Crippen LogP) is 4.31. The number of hydrogen-bond acceptors (Lipinski definition) is 6. The molecule has 0 aliphatic carbocycles. The zero-order valence-electron chi connectivity index (χ0n) is 21.6. The molecule has 10 heteroatoms. The minimum Gasteiger partial charge on any atom is -0.381 e. The van der Waals surface area contributed by atoms with Crippen molar-refractivity contribution in [3.8, 4) is 11.4 Å². The molecule has 2 aliphatic heterocycles. The number of aromatic nitrogens is 3. The molecule has 2 aromatic carbocycles. The van der Waals surface area contributed by atoms with E-state index in [1.807, 2.05) is 31.2 Å². The first-order valence-electron chi connectivity index (χ1n) is 13.2. The van der Waals surface area contributed by atoms with Gasteiger partial charge in [-0.2, -0.15) is 0 Å². The Balaban J connectivity index is 1.27. The molecule has 4 heterocycles. The summed E-state index contributed by atoms with van der Waals surface area (Å²) in [6.45, 7) is 5.09. The van der Waals surface area contributed by atoms with E-state index in [0.29, 0.717) is 63.8 Å². The van der Waals surface area contributed by atoms with Crippen molar-refractivity contribution in [1.29, 1.82) is 0 Å². The van der Waals surface area contributed by atoms with E-state index in [1.54, 1.807) is 24.4 Å². The standard InChI is InChI=1S/C29H29ClN6O3/c1-17(14-18-6-2-3-7-21(18)30)32-22-8-9-31-27(37)25(22)26-33-23-15-19-20(16-24(23)34-26)29(39)36(28(19)38)13-12-35-10-4-5-11-35/h2-3,6-9,15-17H,4-5,10-14H2,1H3,(H,33,34)(H2,31,32,37)/t17-/m0/s1.